The van der Waals surface area contributed by atoms with E-state index in [1.165, 1.54) is 11.1 Å². The SMILES string of the molecule is O=Cc1ccc(CCc2ccc3c(c2)CCO3)cc1O. The molecule has 1 N–H and O–H groups in total. The van der Waals surface area contributed by atoms with Crippen LogP contribution in [-0.2, 0) is 19.3 Å². The number of aldehydes is 1. The van der Waals surface area contributed by atoms with Crippen molar-refractivity contribution >= 4 is 6.29 Å². The summed E-state index contributed by atoms with van der Waals surface area (Å²) >= 11 is 0. The van der Waals surface area contributed by atoms with Crippen molar-refractivity contribution in [2.45, 2.75) is 19.3 Å². The predicted molar refractivity (Wildman–Crippen MR) is 76.5 cm³/mol. The molecule has 1 aliphatic heterocycles. The Bertz CT molecular complexity index is 647. The molecule has 3 nitrogen and oxygen atoms in total. The number of rotatable bonds is 4. The lowest BCUT2D eigenvalue weighted by atomic mass is 10.0. The van der Waals surface area contributed by atoms with E-state index in [1.54, 1.807) is 12.1 Å². The third-order valence-corrected chi connectivity index (χ3v) is 3.68. The second-order valence-electron chi connectivity index (χ2n) is 5.05. The molecule has 1 heterocycles. The van der Waals surface area contributed by atoms with Crippen molar-refractivity contribution in [3.63, 3.8) is 0 Å². The van der Waals surface area contributed by atoms with Gasteiger partial charge in [-0.2, -0.15) is 0 Å². The molecular weight excluding hydrogens is 252 g/mol. The van der Waals surface area contributed by atoms with E-state index in [9.17, 15) is 9.90 Å². The molecule has 0 radical (unpaired) electrons. The van der Waals surface area contributed by atoms with E-state index in [-0.39, 0.29) is 5.75 Å². The smallest absolute Gasteiger partial charge is 0.153 e. The standard InChI is InChI=1S/C17H16O3/c18-11-15-5-3-13(10-16(15)19)2-1-12-4-6-17-14(9-12)7-8-20-17/h3-6,9-11,19H,1-2,7-8H2. The van der Waals surface area contributed by atoms with Gasteiger partial charge in [-0.1, -0.05) is 18.2 Å². The van der Waals surface area contributed by atoms with Gasteiger partial charge in [0.25, 0.3) is 0 Å². The van der Waals surface area contributed by atoms with Crippen LogP contribution in [0.25, 0.3) is 0 Å². The average Bonchev–Trinajstić information content (AvgIpc) is 2.92. The van der Waals surface area contributed by atoms with Crippen molar-refractivity contribution in [1.29, 1.82) is 0 Å². The van der Waals surface area contributed by atoms with Crippen LogP contribution >= 0.6 is 0 Å². The molecular formula is C17H16O3. The minimum Gasteiger partial charge on any atom is -0.507 e. The molecule has 102 valence electrons. The number of fused-ring (bicyclic) bond motifs is 1. The zero-order chi connectivity index (χ0) is 13.9. The summed E-state index contributed by atoms with van der Waals surface area (Å²) in [4.78, 5) is 10.7. The van der Waals surface area contributed by atoms with Crippen LogP contribution < -0.4 is 4.74 Å². The van der Waals surface area contributed by atoms with Gasteiger partial charge >= 0.3 is 0 Å². The van der Waals surface area contributed by atoms with E-state index in [2.05, 4.69) is 12.1 Å². The Morgan fingerprint density at radius 1 is 1.10 bits per heavy atom. The first kappa shape index (κ1) is 12.7. The Balaban J connectivity index is 1.70. The molecule has 0 aliphatic carbocycles. The minimum absolute atomic E-state index is 0.0554. The number of carbonyl (C=O) groups is 1. The highest BCUT2D eigenvalue weighted by Crippen LogP contribution is 2.26. The van der Waals surface area contributed by atoms with Crippen LogP contribution in [0, 0.1) is 0 Å². The summed E-state index contributed by atoms with van der Waals surface area (Å²) in [7, 11) is 0. The fourth-order valence-corrected chi connectivity index (χ4v) is 2.53. The van der Waals surface area contributed by atoms with Crippen molar-refractivity contribution in [3.05, 3.63) is 58.7 Å². The highest BCUT2D eigenvalue weighted by molar-refractivity contribution is 5.79. The molecule has 0 saturated heterocycles. The molecule has 0 amide bonds. The fourth-order valence-electron chi connectivity index (χ4n) is 2.53. The zero-order valence-corrected chi connectivity index (χ0v) is 11.1. The average molecular weight is 268 g/mol. The number of aromatic hydroxyl groups is 1. The molecule has 0 spiro atoms. The first-order valence-electron chi connectivity index (χ1n) is 6.78. The van der Waals surface area contributed by atoms with Gasteiger partial charge in [-0.15, -0.1) is 0 Å². The van der Waals surface area contributed by atoms with Crippen LogP contribution in [0.15, 0.2) is 36.4 Å². The van der Waals surface area contributed by atoms with Gasteiger partial charge in [0.05, 0.1) is 12.2 Å². The maximum atomic E-state index is 10.7. The summed E-state index contributed by atoms with van der Waals surface area (Å²) < 4.78 is 5.49. The highest BCUT2D eigenvalue weighted by atomic mass is 16.5. The number of benzene rings is 2. The molecule has 0 aromatic heterocycles. The number of phenolic OH excluding ortho intramolecular Hbond substituents is 1. The van der Waals surface area contributed by atoms with E-state index >= 15 is 0 Å². The van der Waals surface area contributed by atoms with Gasteiger partial charge in [0.1, 0.15) is 11.5 Å². The molecule has 0 bridgehead atoms. The van der Waals surface area contributed by atoms with E-state index < -0.39 is 0 Å². The van der Waals surface area contributed by atoms with Crippen molar-refractivity contribution in [2.75, 3.05) is 6.61 Å². The molecule has 3 rings (SSSR count). The quantitative estimate of drug-likeness (QED) is 0.867. The molecule has 20 heavy (non-hydrogen) atoms. The molecule has 1 aliphatic rings. The molecule has 0 unspecified atom stereocenters. The summed E-state index contributed by atoms with van der Waals surface area (Å²) in [5, 5.41) is 9.67. The maximum absolute atomic E-state index is 10.7. The largest absolute Gasteiger partial charge is 0.507 e. The molecule has 0 atom stereocenters. The summed E-state index contributed by atoms with van der Waals surface area (Å²) in [6.07, 6.45) is 3.40. The molecule has 0 fully saturated rings. The normalized spacial score (nSPS) is 12.8. The Kier molecular flexibility index (Phi) is 3.42. The predicted octanol–water partition coefficient (Wildman–Crippen LogP) is 2.92. The zero-order valence-electron chi connectivity index (χ0n) is 11.1. The Hall–Kier alpha value is -2.29. The summed E-state index contributed by atoms with van der Waals surface area (Å²) in [5.74, 6) is 1.06. The van der Waals surface area contributed by atoms with Crippen LogP contribution in [0.1, 0.15) is 27.0 Å². The van der Waals surface area contributed by atoms with Crippen LogP contribution in [-0.4, -0.2) is 18.0 Å². The second kappa shape index (κ2) is 5.37. The van der Waals surface area contributed by atoms with Crippen LogP contribution in [0.2, 0.25) is 0 Å². The molecule has 2 aromatic carbocycles. The lowest BCUT2D eigenvalue weighted by molar-refractivity contribution is 0.112. The van der Waals surface area contributed by atoms with Gasteiger partial charge in [-0.05, 0) is 47.7 Å². The van der Waals surface area contributed by atoms with Gasteiger partial charge in [-0.25, -0.2) is 0 Å². The first-order valence-corrected chi connectivity index (χ1v) is 6.78. The molecule has 2 aromatic rings. The minimum atomic E-state index is 0.0554. The van der Waals surface area contributed by atoms with Gasteiger partial charge in [0, 0.05) is 6.42 Å². The second-order valence-corrected chi connectivity index (χ2v) is 5.05. The lowest BCUT2D eigenvalue weighted by Crippen LogP contribution is -1.93. The molecule has 0 saturated carbocycles. The van der Waals surface area contributed by atoms with Crippen molar-refractivity contribution in [2.24, 2.45) is 0 Å². The van der Waals surface area contributed by atoms with Crippen molar-refractivity contribution in [1.82, 2.24) is 0 Å². The van der Waals surface area contributed by atoms with Gasteiger partial charge in [-0.3, -0.25) is 4.79 Å². The van der Waals surface area contributed by atoms with Gasteiger partial charge in [0.15, 0.2) is 6.29 Å². The highest BCUT2D eigenvalue weighted by Gasteiger charge is 2.12. The van der Waals surface area contributed by atoms with Crippen LogP contribution in [0.4, 0.5) is 0 Å². The topological polar surface area (TPSA) is 46.5 Å². The van der Waals surface area contributed by atoms with Crippen molar-refractivity contribution < 1.29 is 14.6 Å². The van der Waals surface area contributed by atoms with Crippen LogP contribution in [0.3, 0.4) is 0 Å². The van der Waals surface area contributed by atoms with E-state index in [0.29, 0.717) is 11.8 Å². The third-order valence-electron chi connectivity index (χ3n) is 3.68. The first-order chi connectivity index (χ1) is 9.76. The lowest BCUT2D eigenvalue weighted by Gasteiger charge is -2.06. The summed E-state index contributed by atoms with van der Waals surface area (Å²) in [5.41, 5.74) is 3.92. The molecule has 3 heteroatoms. The number of aryl methyl sites for hydroxylation is 2. The monoisotopic (exact) mass is 268 g/mol. The van der Waals surface area contributed by atoms with E-state index in [4.69, 9.17) is 4.74 Å². The number of carbonyl (C=O) groups excluding carboxylic acids is 1. The summed E-state index contributed by atoms with van der Waals surface area (Å²) in [6.45, 7) is 0.778. The number of hydrogen-bond acceptors (Lipinski definition) is 3. The fraction of sp³-hybridized carbons (Fsp3) is 0.235. The summed E-state index contributed by atoms with van der Waals surface area (Å²) in [6, 6.07) is 11.5. The van der Waals surface area contributed by atoms with E-state index in [1.807, 2.05) is 12.1 Å². The number of phenols is 1. The van der Waals surface area contributed by atoms with Crippen molar-refractivity contribution in [3.8, 4) is 11.5 Å². The maximum Gasteiger partial charge on any atom is 0.153 e. The third kappa shape index (κ3) is 2.52. The van der Waals surface area contributed by atoms with Gasteiger partial charge < -0.3 is 9.84 Å². The Morgan fingerprint density at radius 3 is 2.60 bits per heavy atom. The Labute approximate surface area is 117 Å². The van der Waals surface area contributed by atoms with E-state index in [0.717, 1.165) is 37.2 Å². The van der Waals surface area contributed by atoms with Gasteiger partial charge in [0.2, 0.25) is 0 Å². The Morgan fingerprint density at radius 2 is 1.85 bits per heavy atom. The number of ether oxygens (including phenoxy) is 1. The number of hydrogen-bond donors (Lipinski definition) is 1. The van der Waals surface area contributed by atoms with Crippen LogP contribution in [0.5, 0.6) is 11.5 Å².